The van der Waals surface area contributed by atoms with E-state index in [-0.39, 0.29) is 5.78 Å². The van der Waals surface area contributed by atoms with E-state index in [9.17, 15) is 4.79 Å². The molecule has 0 N–H and O–H groups in total. The Labute approximate surface area is 152 Å². The van der Waals surface area contributed by atoms with Crippen molar-refractivity contribution in [1.29, 1.82) is 0 Å². The molecule has 0 saturated carbocycles. The van der Waals surface area contributed by atoms with Gasteiger partial charge in [-0.3, -0.25) is 4.79 Å². The highest BCUT2D eigenvalue weighted by atomic mass is 16.5. The molecular formula is C22H20O4. The van der Waals surface area contributed by atoms with Gasteiger partial charge in [0.1, 0.15) is 23.0 Å². The summed E-state index contributed by atoms with van der Waals surface area (Å²) < 4.78 is 17.2. The number of Topliss-reactive ketones (excluding diaryl/α,β-unsaturated/α-hetero) is 1. The van der Waals surface area contributed by atoms with E-state index in [4.69, 9.17) is 14.2 Å². The summed E-state index contributed by atoms with van der Waals surface area (Å²) in [7, 11) is 3.24. The Morgan fingerprint density at radius 3 is 2.19 bits per heavy atom. The zero-order valence-corrected chi connectivity index (χ0v) is 14.9. The smallest absolute Gasteiger partial charge is 0.167 e. The molecule has 0 aliphatic heterocycles. The van der Waals surface area contributed by atoms with Gasteiger partial charge in [0.05, 0.1) is 25.2 Å². The number of ether oxygens (including phenoxy) is 3. The molecule has 4 rings (SSSR count). The summed E-state index contributed by atoms with van der Waals surface area (Å²) >= 11 is 0. The number of carbonyl (C=O) groups is 1. The van der Waals surface area contributed by atoms with E-state index in [2.05, 4.69) is 0 Å². The zero-order chi connectivity index (χ0) is 18.1. The minimum absolute atomic E-state index is 0.115. The Morgan fingerprint density at radius 2 is 1.46 bits per heavy atom. The lowest BCUT2D eigenvalue weighted by Crippen LogP contribution is -2.13. The predicted octanol–water partition coefficient (Wildman–Crippen LogP) is 5.17. The van der Waals surface area contributed by atoms with Gasteiger partial charge in [-0.2, -0.15) is 0 Å². The second-order valence-electron chi connectivity index (χ2n) is 6.31. The van der Waals surface area contributed by atoms with E-state index >= 15 is 0 Å². The summed E-state index contributed by atoms with van der Waals surface area (Å²) in [5.41, 5.74) is 1.58. The topological polar surface area (TPSA) is 44.8 Å². The predicted molar refractivity (Wildman–Crippen MR) is 101 cm³/mol. The van der Waals surface area contributed by atoms with E-state index < -0.39 is 0 Å². The molecule has 0 saturated heterocycles. The lowest BCUT2D eigenvalue weighted by Gasteiger charge is -2.21. The third-order valence-corrected chi connectivity index (χ3v) is 4.83. The molecule has 3 aromatic rings. The number of hydrogen-bond acceptors (Lipinski definition) is 4. The van der Waals surface area contributed by atoms with Crippen molar-refractivity contribution in [3.05, 3.63) is 59.7 Å². The highest BCUT2D eigenvalue weighted by Gasteiger charge is 2.25. The first-order chi connectivity index (χ1) is 12.7. The van der Waals surface area contributed by atoms with Gasteiger partial charge in [0.25, 0.3) is 0 Å². The summed E-state index contributed by atoms with van der Waals surface area (Å²) in [5.74, 6) is 2.91. The number of methoxy groups -OCH3 is 2. The van der Waals surface area contributed by atoms with E-state index in [1.54, 1.807) is 20.3 Å². The fourth-order valence-corrected chi connectivity index (χ4v) is 3.62. The third-order valence-electron chi connectivity index (χ3n) is 4.83. The monoisotopic (exact) mass is 348 g/mol. The Hall–Kier alpha value is -3.01. The standard InChI is InChI=1S/C22H20O4/c1-24-18-10-3-6-14-7-4-11-20(21(14)18)26-17-12-13-19(25-2)22-15(17)8-5-9-16(22)23/h3-4,6-7,10-13H,5,8-9H2,1-2H3. The molecule has 0 unspecified atom stereocenters. The van der Waals surface area contributed by atoms with Crippen molar-refractivity contribution in [3.8, 4) is 23.0 Å². The van der Waals surface area contributed by atoms with Gasteiger partial charge in [0, 0.05) is 12.0 Å². The van der Waals surface area contributed by atoms with Crippen LogP contribution in [0.5, 0.6) is 23.0 Å². The summed E-state index contributed by atoms with van der Waals surface area (Å²) in [6, 6.07) is 15.5. The Balaban J connectivity index is 1.86. The van der Waals surface area contributed by atoms with Gasteiger partial charge in [-0.1, -0.05) is 24.3 Å². The van der Waals surface area contributed by atoms with Gasteiger partial charge in [-0.25, -0.2) is 0 Å². The van der Waals surface area contributed by atoms with Crippen LogP contribution in [0.3, 0.4) is 0 Å². The maximum Gasteiger partial charge on any atom is 0.167 e. The molecule has 1 aliphatic rings. The normalized spacial score (nSPS) is 13.4. The van der Waals surface area contributed by atoms with E-state index in [1.807, 2.05) is 42.5 Å². The lowest BCUT2D eigenvalue weighted by atomic mass is 9.89. The first-order valence-corrected chi connectivity index (χ1v) is 8.69. The SMILES string of the molecule is COc1ccc(Oc2cccc3cccc(OC)c23)c2c1C(=O)CCC2. The molecule has 0 amide bonds. The maximum atomic E-state index is 12.4. The quantitative estimate of drug-likeness (QED) is 0.652. The summed E-state index contributed by atoms with van der Waals surface area (Å²) in [6.45, 7) is 0. The van der Waals surface area contributed by atoms with Crippen LogP contribution in [0.2, 0.25) is 0 Å². The molecule has 1 aliphatic carbocycles. The highest BCUT2D eigenvalue weighted by molar-refractivity contribution is 6.02. The van der Waals surface area contributed by atoms with Crippen LogP contribution in [0.15, 0.2) is 48.5 Å². The van der Waals surface area contributed by atoms with Crippen LogP contribution in [-0.4, -0.2) is 20.0 Å². The largest absolute Gasteiger partial charge is 0.496 e. The summed E-state index contributed by atoms with van der Waals surface area (Å²) in [4.78, 5) is 12.4. The minimum Gasteiger partial charge on any atom is -0.496 e. The molecule has 3 aromatic carbocycles. The molecule has 0 heterocycles. The van der Waals surface area contributed by atoms with Crippen LogP contribution in [0.1, 0.15) is 28.8 Å². The van der Waals surface area contributed by atoms with Crippen molar-refractivity contribution in [2.75, 3.05) is 14.2 Å². The Bertz CT molecular complexity index is 986. The second kappa shape index (κ2) is 6.71. The van der Waals surface area contributed by atoms with Crippen LogP contribution >= 0.6 is 0 Å². The molecule has 0 bridgehead atoms. The fraction of sp³-hybridized carbons (Fsp3) is 0.227. The number of fused-ring (bicyclic) bond motifs is 2. The number of benzene rings is 3. The number of ketones is 1. The molecule has 0 radical (unpaired) electrons. The Kier molecular flexibility index (Phi) is 4.25. The Morgan fingerprint density at radius 1 is 0.769 bits per heavy atom. The van der Waals surface area contributed by atoms with Crippen LogP contribution in [-0.2, 0) is 6.42 Å². The van der Waals surface area contributed by atoms with E-state index in [0.717, 1.165) is 34.9 Å². The fourth-order valence-electron chi connectivity index (χ4n) is 3.62. The van der Waals surface area contributed by atoms with Crippen molar-refractivity contribution in [1.82, 2.24) is 0 Å². The van der Waals surface area contributed by atoms with Gasteiger partial charge in [0.2, 0.25) is 0 Å². The zero-order valence-electron chi connectivity index (χ0n) is 14.9. The average Bonchev–Trinajstić information content (AvgIpc) is 2.68. The average molecular weight is 348 g/mol. The molecule has 132 valence electrons. The van der Waals surface area contributed by atoms with Crippen molar-refractivity contribution in [2.24, 2.45) is 0 Å². The van der Waals surface area contributed by atoms with E-state index in [1.165, 1.54) is 0 Å². The number of rotatable bonds is 4. The molecule has 4 heteroatoms. The first kappa shape index (κ1) is 16.5. The first-order valence-electron chi connectivity index (χ1n) is 8.69. The van der Waals surface area contributed by atoms with E-state index in [0.29, 0.717) is 29.2 Å². The van der Waals surface area contributed by atoms with Crippen molar-refractivity contribution < 1.29 is 19.0 Å². The minimum atomic E-state index is 0.115. The van der Waals surface area contributed by atoms with Crippen molar-refractivity contribution >= 4 is 16.6 Å². The molecule has 4 nitrogen and oxygen atoms in total. The molecule has 26 heavy (non-hydrogen) atoms. The van der Waals surface area contributed by atoms with Gasteiger partial charge >= 0.3 is 0 Å². The number of carbonyl (C=O) groups excluding carboxylic acids is 1. The molecular weight excluding hydrogens is 328 g/mol. The summed E-state index contributed by atoms with van der Waals surface area (Å²) in [6.07, 6.45) is 2.18. The van der Waals surface area contributed by atoms with Gasteiger partial charge in [0.15, 0.2) is 5.78 Å². The van der Waals surface area contributed by atoms with Gasteiger partial charge < -0.3 is 14.2 Å². The molecule has 0 atom stereocenters. The van der Waals surface area contributed by atoms with Crippen molar-refractivity contribution in [2.45, 2.75) is 19.3 Å². The summed E-state index contributed by atoms with van der Waals surface area (Å²) in [5, 5.41) is 1.96. The number of hydrogen-bond donors (Lipinski definition) is 0. The molecule has 0 aromatic heterocycles. The maximum absolute atomic E-state index is 12.4. The van der Waals surface area contributed by atoms with Crippen LogP contribution in [0, 0.1) is 0 Å². The lowest BCUT2D eigenvalue weighted by molar-refractivity contribution is 0.0968. The van der Waals surface area contributed by atoms with Gasteiger partial charge in [-0.15, -0.1) is 0 Å². The van der Waals surface area contributed by atoms with Gasteiger partial charge in [-0.05, 0) is 42.5 Å². The highest BCUT2D eigenvalue weighted by Crippen LogP contribution is 2.41. The van der Waals surface area contributed by atoms with Crippen LogP contribution in [0.4, 0.5) is 0 Å². The van der Waals surface area contributed by atoms with Crippen LogP contribution in [0.25, 0.3) is 10.8 Å². The molecule has 0 spiro atoms. The second-order valence-corrected chi connectivity index (χ2v) is 6.31. The van der Waals surface area contributed by atoms with Crippen LogP contribution < -0.4 is 14.2 Å². The van der Waals surface area contributed by atoms with Crippen molar-refractivity contribution in [3.63, 3.8) is 0 Å². The molecule has 0 fully saturated rings. The third kappa shape index (κ3) is 2.68.